The molecular formula is C18H22N2O3S. The SMILES string of the molecule is Cc1ccc2cc(C(=O)N3CCS(=O)(=O)[C@H](C)[C@@H]3C)c(C)nc2c1. The van der Waals surface area contributed by atoms with Crippen molar-refractivity contribution in [1.82, 2.24) is 9.88 Å². The summed E-state index contributed by atoms with van der Waals surface area (Å²) in [4.78, 5) is 19.2. The molecule has 1 amide bonds. The lowest BCUT2D eigenvalue weighted by molar-refractivity contribution is 0.0692. The van der Waals surface area contributed by atoms with Crippen molar-refractivity contribution in [3.63, 3.8) is 0 Å². The molecule has 0 aliphatic carbocycles. The molecule has 1 saturated heterocycles. The summed E-state index contributed by atoms with van der Waals surface area (Å²) in [6.07, 6.45) is 0. The maximum absolute atomic E-state index is 13.0. The first-order chi connectivity index (χ1) is 11.2. The van der Waals surface area contributed by atoms with Crippen molar-refractivity contribution in [1.29, 1.82) is 0 Å². The third kappa shape index (κ3) is 2.79. The highest BCUT2D eigenvalue weighted by molar-refractivity contribution is 7.92. The van der Waals surface area contributed by atoms with Crippen molar-refractivity contribution in [2.45, 2.75) is 39.0 Å². The van der Waals surface area contributed by atoms with Crippen molar-refractivity contribution in [2.75, 3.05) is 12.3 Å². The van der Waals surface area contributed by atoms with Gasteiger partial charge in [0.25, 0.3) is 5.91 Å². The third-order valence-electron chi connectivity index (χ3n) is 5.01. The molecule has 2 aromatic rings. The zero-order valence-corrected chi connectivity index (χ0v) is 15.2. The fraction of sp³-hybridized carbons (Fsp3) is 0.444. The van der Waals surface area contributed by atoms with Crippen molar-refractivity contribution in [3.05, 3.63) is 41.1 Å². The molecule has 0 unspecified atom stereocenters. The molecule has 1 aromatic heterocycles. The summed E-state index contributed by atoms with van der Waals surface area (Å²) >= 11 is 0. The van der Waals surface area contributed by atoms with Crippen molar-refractivity contribution in [3.8, 4) is 0 Å². The maximum Gasteiger partial charge on any atom is 0.256 e. The van der Waals surface area contributed by atoms with Gasteiger partial charge in [0.1, 0.15) is 0 Å². The molecule has 0 spiro atoms. The summed E-state index contributed by atoms with van der Waals surface area (Å²) < 4.78 is 24.0. The van der Waals surface area contributed by atoms with E-state index in [4.69, 9.17) is 0 Å². The van der Waals surface area contributed by atoms with Gasteiger partial charge in [0.05, 0.1) is 27.8 Å². The number of aromatic nitrogens is 1. The zero-order valence-electron chi connectivity index (χ0n) is 14.4. The Balaban J connectivity index is 2.00. The minimum absolute atomic E-state index is 0.0174. The molecule has 128 valence electrons. The molecule has 2 heterocycles. The highest BCUT2D eigenvalue weighted by Crippen LogP contribution is 2.24. The number of aryl methyl sites for hydroxylation is 2. The lowest BCUT2D eigenvalue weighted by Crippen LogP contribution is -2.54. The Bertz CT molecular complexity index is 921. The Morgan fingerprint density at radius 3 is 2.62 bits per heavy atom. The van der Waals surface area contributed by atoms with Crippen LogP contribution in [0.15, 0.2) is 24.3 Å². The summed E-state index contributed by atoms with van der Waals surface area (Å²) in [5, 5.41) is 0.367. The smallest absolute Gasteiger partial charge is 0.256 e. The van der Waals surface area contributed by atoms with Crippen LogP contribution in [0.4, 0.5) is 0 Å². The molecule has 1 aromatic carbocycles. The standard InChI is InChI=1S/C18H22N2O3S/c1-11-5-6-15-10-16(12(2)19-17(15)9-11)18(21)20-7-8-24(22,23)14(4)13(20)3/h5-6,9-10,13-14H,7-8H2,1-4H3/t13-,14+/m0/s1. The lowest BCUT2D eigenvalue weighted by Gasteiger charge is -2.37. The summed E-state index contributed by atoms with van der Waals surface area (Å²) in [6.45, 7) is 7.54. The van der Waals surface area contributed by atoms with Crippen LogP contribution in [0.25, 0.3) is 10.9 Å². The molecule has 5 nitrogen and oxygen atoms in total. The van der Waals surface area contributed by atoms with Gasteiger partial charge in [-0.25, -0.2) is 8.42 Å². The van der Waals surface area contributed by atoms with Crippen LogP contribution in [-0.4, -0.2) is 47.8 Å². The van der Waals surface area contributed by atoms with Crippen molar-refractivity contribution in [2.24, 2.45) is 0 Å². The number of benzene rings is 1. The Hall–Kier alpha value is -1.95. The van der Waals surface area contributed by atoms with Crippen LogP contribution in [0.1, 0.15) is 35.5 Å². The first-order valence-corrected chi connectivity index (χ1v) is 9.83. The van der Waals surface area contributed by atoms with E-state index >= 15 is 0 Å². The number of pyridine rings is 1. The summed E-state index contributed by atoms with van der Waals surface area (Å²) in [5.41, 5.74) is 3.21. The van der Waals surface area contributed by atoms with Gasteiger partial charge in [-0.05, 0) is 45.4 Å². The van der Waals surface area contributed by atoms with Gasteiger partial charge in [-0.3, -0.25) is 9.78 Å². The fourth-order valence-electron chi connectivity index (χ4n) is 3.20. The zero-order chi connectivity index (χ0) is 17.6. The van der Waals surface area contributed by atoms with Crippen LogP contribution >= 0.6 is 0 Å². The van der Waals surface area contributed by atoms with Crippen LogP contribution in [0.5, 0.6) is 0 Å². The number of sulfone groups is 1. The monoisotopic (exact) mass is 346 g/mol. The van der Waals surface area contributed by atoms with Crippen LogP contribution in [-0.2, 0) is 9.84 Å². The van der Waals surface area contributed by atoms with E-state index < -0.39 is 15.1 Å². The predicted molar refractivity (Wildman–Crippen MR) is 95.0 cm³/mol. The number of hydrogen-bond acceptors (Lipinski definition) is 4. The molecule has 1 fully saturated rings. The second-order valence-electron chi connectivity index (χ2n) is 6.63. The first kappa shape index (κ1) is 16.9. The van der Waals surface area contributed by atoms with Crippen LogP contribution in [0.3, 0.4) is 0 Å². The normalized spacial score (nSPS) is 23.4. The number of hydrogen-bond donors (Lipinski definition) is 0. The minimum atomic E-state index is -3.12. The van der Waals surface area contributed by atoms with E-state index in [1.54, 1.807) is 18.7 Å². The van der Waals surface area contributed by atoms with Gasteiger partial charge in [-0.15, -0.1) is 0 Å². The quantitative estimate of drug-likeness (QED) is 0.796. The molecule has 2 atom stereocenters. The average molecular weight is 346 g/mol. The van der Waals surface area contributed by atoms with Gasteiger partial charge >= 0.3 is 0 Å². The molecule has 0 radical (unpaired) electrons. The van der Waals surface area contributed by atoms with Gasteiger partial charge in [0.15, 0.2) is 9.84 Å². The minimum Gasteiger partial charge on any atom is -0.334 e. The van der Waals surface area contributed by atoms with Crippen LogP contribution in [0, 0.1) is 13.8 Å². The van der Waals surface area contributed by atoms with Crippen molar-refractivity contribution < 1.29 is 13.2 Å². The maximum atomic E-state index is 13.0. The van der Waals surface area contributed by atoms with Gasteiger partial charge in [-0.2, -0.15) is 0 Å². The van der Waals surface area contributed by atoms with E-state index in [1.165, 1.54) is 0 Å². The van der Waals surface area contributed by atoms with Gasteiger partial charge in [-0.1, -0.05) is 12.1 Å². The van der Waals surface area contributed by atoms with Gasteiger partial charge in [0, 0.05) is 18.0 Å². The number of amides is 1. The number of rotatable bonds is 1. The van der Waals surface area contributed by atoms with Crippen molar-refractivity contribution >= 4 is 26.6 Å². The Kier molecular flexibility index (Phi) is 4.11. The number of carbonyl (C=O) groups is 1. The topological polar surface area (TPSA) is 67.3 Å². The predicted octanol–water partition coefficient (Wildman–Crippen LogP) is 2.50. The Morgan fingerprint density at radius 2 is 1.92 bits per heavy atom. The fourth-order valence-corrected chi connectivity index (χ4v) is 4.77. The molecule has 3 rings (SSSR count). The van der Waals surface area contributed by atoms with Gasteiger partial charge in [0.2, 0.25) is 0 Å². The summed E-state index contributed by atoms with van der Waals surface area (Å²) in [5.74, 6) is -0.125. The van der Waals surface area contributed by atoms with E-state index in [2.05, 4.69) is 4.98 Å². The molecular weight excluding hydrogens is 324 g/mol. The van der Waals surface area contributed by atoms with E-state index in [1.807, 2.05) is 38.1 Å². The highest BCUT2D eigenvalue weighted by Gasteiger charge is 2.38. The van der Waals surface area contributed by atoms with Crippen LogP contribution < -0.4 is 0 Å². The van der Waals surface area contributed by atoms with E-state index in [9.17, 15) is 13.2 Å². The number of nitrogens with zero attached hydrogens (tertiary/aromatic N) is 2. The largest absolute Gasteiger partial charge is 0.334 e. The molecule has 0 saturated carbocycles. The first-order valence-electron chi connectivity index (χ1n) is 8.11. The molecule has 6 heteroatoms. The molecule has 1 aliphatic rings. The second kappa shape index (κ2) is 5.84. The number of carbonyl (C=O) groups excluding carboxylic acids is 1. The molecule has 24 heavy (non-hydrogen) atoms. The Labute approximate surface area is 142 Å². The summed E-state index contributed by atoms with van der Waals surface area (Å²) in [6, 6.07) is 7.46. The number of fused-ring (bicyclic) bond motifs is 1. The van der Waals surface area contributed by atoms with E-state index in [0.717, 1.165) is 16.5 Å². The van der Waals surface area contributed by atoms with Crippen LogP contribution in [0.2, 0.25) is 0 Å². The van der Waals surface area contributed by atoms with E-state index in [0.29, 0.717) is 11.3 Å². The Morgan fingerprint density at radius 1 is 1.21 bits per heavy atom. The molecule has 0 bridgehead atoms. The second-order valence-corrected chi connectivity index (χ2v) is 9.11. The molecule has 1 aliphatic heterocycles. The average Bonchev–Trinajstić information content (AvgIpc) is 2.51. The lowest BCUT2D eigenvalue weighted by atomic mass is 10.1. The molecule has 0 N–H and O–H groups in total. The van der Waals surface area contributed by atoms with E-state index in [-0.39, 0.29) is 24.2 Å². The third-order valence-corrected chi connectivity index (χ3v) is 7.29. The highest BCUT2D eigenvalue weighted by atomic mass is 32.2. The summed E-state index contributed by atoms with van der Waals surface area (Å²) in [7, 11) is -3.12. The van der Waals surface area contributed by atoms with Gasteiger partial charge < -0.3 is 4.90 Å².